The minimum Gasteiger partial charge on any atom is -0.340 e. The number of hydrogen-bond donors (Lipinski definition) is 0. The van der Waals surface area contributed by atoms with Crippen LogP contribution < -0.4 is 4.90 Å². The number of rotatable bonds is 5. The Hall–Kier alpha value is -1.88. The van der Waals surface area contributed by atoms with Crippen LogP contribution in [0.2, 0.25) is 0 Å². The molecule has 0 saturated carbocycles. The Morgan fingerprint density at radius 2 is 1.78 bits per heavy atom. The van der Waals surface area contributed by atoms with Crippen LogP contribution in [0.15, 0.2) is 24.3 Å². The second-order valence-corrected chi connectivity index (χ2v) is 6.02. The van der Waals surface area contributed by atoms with Crippen molar-refractivity contribution in [2.75, 3.05) is 44.2 Å². The monoisotopic (exact) mass is 317 g/mol. The minimum atomic E-state index is -0.0251. The molecule has 0 aromatic heterocycles. The van der Waals surface area contributed by atoms with Crippen LogP contribution in [0, 0.1) is 6.92 Å². The summed E-state index contributed by atoms with van der Waals surface area (Å²) in [5.41, 5.74) is 1.94. The number of hydrogen-bond acceptors (Lipinski definition) is 3. The molecule has 126 valence electrons. The average molecular weight is 317 g/mol. The van der Waals surface area contributed by atoms with Crippen LogP contribution in [0.25, 0.3) is 0 Å². The SMILES string of the molecule is CCN1CCN(C(=O)CCN(C(C)=O)c2ccccc2C)CC1. The summed E-state index contributed by atoms with van der Waals surface area (Å²) in [6, 6.07) is 7.79. The van der Waals surface area contributed by atoms with Gasteiger partial charge in [0.1, 0.15) is 0 Å². The van der Waals surface area contributed by atoms with Crippen LogP contribution in [-0.2, 0) is 9.59 Å². The van der Waals surface area contributed by atoms with Crippen LogP contribution in [0.1, 0.15) is 25.8 Å². The topological polar surface area (TPSA) is 43.9 Å². The van der Waals surface area contributed by atoms with E-state index in [2.05, 4.69) is 11.8 Å². The van der Waals surface area contributed by atoms with Crippen molar-refractivity contribution in [2.45, 2.75) is 27.2 Å². The number of anilines is 1. The van der Waals surface area contributed by atoms with Crippen molar-refractivity contribution in [3.8, 4) is 0 Å². The highest BCUT2D eigenvalue weighted by molar-refractivity contribution is 5.93. The van der Waals surface area contributed by atoms with E-state index in [4.69, 9.17) is 0 Å². The molecule has 5 heteroatoms. The van der Waals surface area contributed by atoms with Crippen molar-refractivity contribution in [2.24, 2.45) is 0 Å². The van der Waals surface area contributed by atoms with E-state index in [0.717, 1.165) is 44.0 Å². The molecule has 0 radical (unpaired) electrons. The maximum absolute atomic E-state index is 12.4. The molecule has 1 heterocycles. The third kappa shape index (κ3) is 4.55. The predicted molar refractivity (Wildman–Crippen MR) is 92.5 cm³/mol. The van der Waals surface area contributed by atoms with Crippen molar-refractivity contribution < 1.29 is 9.59 Å². The quantitative estimate of drug-likeness (QED) is 0.833. The van der Waals surface area contributed by atoms with Crippen LogP contribution in [0.5, 0.6) is 0 Å². The predicted octanol–water partition coefficient (Wildman–Crippen LogP) is 1.90. The van der Waals surface area contributed by atoms with Gasteiger partial charge < -0.3 is 14.7 Å². The number of aryl methyl sites for hydroxylation is 1. The second-order valence-electron chi connectivity index (χ2n) is 6.02. The number of carbonyl (C=O) groups excluding carboxylic acids is 2. The zero-order chi connectivity index (χ0) is 16.8. The third-order valence-electron chi connectivity index (χ3n) is 4.51. The third-order valence-corrected chi connectivity index (χ3v) is 4.51. The Kier molecular flexibility index (Phi) is 6.16. The lowest BCUT2D eigenvalue weighted by Crippen LogP contribution is -2.49. The van der Waals surface area contributed by atoms with Gasteiger partial charge in [0.25, 0.3) is 0 Å². The molecular weight excluding hydrogens is 290 g/mol. The number of amides is 2. The summed E-state index contributed by atoms with van der Waals surface area (Å²) in [5.74, 6) is 0.114. The van der Waals surface area contributed by atoms with Gasteiger partial charge in [0.15, 0.2) is 0 Å². The van der Waals surface area contributed by atoms with E-state index in [1.54, 1.807) is 11.8 Å². The zero-order valence-electron chi connectivity index (χ0n) is 14.4. The maximum atomic E-state index is 12.4. The molecule has 1 aliphatic rings. The molecule has 1 fully saturated rings. The molecule has 1 aliphatic heterocycles. The average Bonchev–Trinajstić information content (AvgIpc) is 2.56. The summed E-state index contributed by atoms with van der Waals surface area (Å²) in [6.07, 6.45) is 0.375. The highest BCUT2D eigenvalue weighted by atomic mass is 16.2. The minimum absolute atomic E-state index is 0.0251. The molecule has 0 bridgehead atoms. The molecule has 2 amide bonds. The van der Waals surface area contributed by atoms with E-state index in [1.165, 1.54) is 0 Å². The Morgan fingerprint density at radius 1 is 1.13 bits per heavy atom. The number of benzene rings is 1. The molecule has 0 spiro atoms. The Bertz CT molecular complexity index is 551. The summed E-state index contributed by atoms with van der Waals surface area (Å²) < 4.78 is 0. The number of para-hydroxylation sites is 1. The van der Waals surface area contributed by atoms with Crippen molar-refractivity contribution >= 4 is 17.5 Å². The molecule has 5 nitrogen and oxygen atoms in total. The Morgan fingerprint density at radius 3 is 2.35 bits per heavy atom. The molecule has 0 unspecified atom stereocenters. The fourth-order valence-corrected chi connectivity index (χ4v) is 2.99. The second kappa shape index (κ2) is 8.11. The van der Waals surface area contributed by atoms with Gasteiger partial charge in [-0.1, -0.05) is 25.1 Å². The first-order valence-electron chi connectivity index (χ1n) is 8.36. The van der Waals surface area contributed by atoms with Gasteiger partial charge in [-0.2, -0.15) is 0 Å². The van der Waals surface area contributed by atoms with Crippen molar-refractivity contribution in [1.29, 1.82) is 0 Å². The standard InChI is InChI=1S/C18H27N3O2/c1-4-19-11-13-20(14-12-19)18(23)9-10-21(16(3)22)17-8-6-5-7-15(17)2/h5-8H,4,9-14H2,1-3H3. The van der Waals surface area contributed by atoms with E-state index in [-0.39, 0.29) is 11.8 Å². The Balaban J connectivity index is 1.93. The number of carbonyl (C=O) groups is 2. The van der Waals surface area contributed by atoms with Gasteiger partial charge >= 0.3 is 0 Å². The van der Waals surface area contributed by atoms with Crippen LogP contribution in [-0.4, -0.2) is 60.9 Å². The van der Waals surface area contributed by atoms with Crippen LogP contribution in [0.3, 0.4) is 0 Å². The van der Waals surface area contributed by atoms with E-state index < -0.39 is 0 Å². The van der Waals surface area contributed by atoms with Gasteiger partial charge in [0.2, 0.25) is 11.8 Å². The van der Waals surface area contributed by atoms with Gasteiger partial charge in [-0.3, -0.25) is 9.59 Å². The first kappa shape index (κ1) is 17.5. The fourth-order valence-electron chi connectivity index (χ4n) is 2.99. The van der Waals surface area contributed by atoms with Crippen molar-refractivity contribution in [1.82, 2.24) is 9.80 Å². The largest absolute Gasteiger partial charge is 0.340 e. The zero-order valence-corrected chi connectivity index (χ0v) is 14.4. The lowest BCUT2D eigenvalue weighted by molar-refractivity contribution is -0.132. The molecule has 0 N–H and O–H groups in total. The molecule has 0 aliphatic carbocycles. The van der Waals surface area contributed by atoms with E-state index in [9.17, 15) is 9.59 Å². The maximum Gasteiger partial charge on any atom is 0.224 e. The summed E-state index contributed by atoms with van der Waals surface area (Å²) in [6.45, 7) is 10.6. The summed E-state index contributed by atoms with van der Waals surface area (Å²) >= 11 is 0. The molecule has 23 heavy (non-hydrogen) atoms. The number of piperazine rings is 1. The normalized spacial score (nSPS) is 15.5. The van der Waals surface area contributed by atoms with Gasteiger partial charge in [0, 0.05) is 51.8 Å². The fraction of sp³-hybridized carbons (Fsp3) is 0.556. The lowest BCUT2D eigenvalue weighted by atomic mass is 10.1. The van der Waals surface area contributed by atoms with E-state index >= 15 is 0 Å². The Labute approximate surface area is 138 Å². The summed E-state index contributed by atoms with van der Waals surface area (Å²) in [7, 11) is 0. The van der Waals surface area contributed by atoms with Gasteiger partial charge in [0.05, 0.1) is 0 Å². The summed E-state index contributed by atoms with van der Waals surface area (Å²) in [5, 5.41) is 0. The molecule has 0 atom stereocenters. The highest BCUT2D eigenvalue weighted by Gasteiger charge is 2.21. The highest BCUT2D eigenvalue weighted by Crippen LogP contribution is 2.20. The van der Waals surface area contributed by atoms with E-state index in [1.807, 2.05) is 36.1 Å². The van der Waals surface area contributed by atoms with Crippen LogP contribution >= 0.6 is 0 Å². The number of nitrogens with zero attached hydrogens (tertiary/aromatic N) is 3. The first-order valence-corrected chi connectivity index (χ1v) is 8.36. The van der Waals surface area contributed by atoms with Gasteiger partial charge in [-0.05, 0) is 25.1 Å². The molecular formula is C18H27N3O2. The van der Waals surface area contributed by atoms with Gasteiger partial charge in [-0.15, -0.1) is 0 Å². The smallest absolute Gasteiger partial charge is 0.224 e. The molecule has 2 rings (SSSR count). The molecule has 1 saturated heterocycles. The van der Waals surface area contributed by atoms with E-state index in [0.29, 0.717) is 13.0 Å². The molecule has 1 aromatic carbocycles. The number of likely N-dealkylation sites (N-methyl/N-ethyl adjacent to an activating group) is 1. The van der Waals surface area contributed by atoms with Crippen LogP contribution in [0.4, 0.5) is 5.69 Å². The van der Waals surface area contributed by atoms with Gasteiger partial charge in [-0.25, -0.2) is 0 Å². The van der Waals surface area contributed by atoms with Crippen molar-refractivity contribution in [3.05, 3.63) is 29.8 Å². The summed E-state index contributed by atoms with van der Waals surface area (Å²) in [4.78, 5) is 30.3. The van der Waals surface area contributed by atoms with Crippen molar-refractivity contribution in [3.63, 3.8) is 0 Å². The lowest BCUT2D eigenvalue weighted by Gasteiger charge is -2.34. The first-order chi connectivity index (χ1) is 11.0. The molecule has 1 aromatic rings.